The molecule has 2 rings (SSSR count). The van der Waals surface area contributed by atoms with Crippen molar-refractivity contribution in [3.63, 3.8) is 0 Å². The van der Waals surface area contributed by atoms with Crippen LogP contribution in [0, 0.1) is 11.8 Å². The fraction of sp³-hybridized carbons (Fsp3) is 0.923. The zero-order valence-electron chi connectivity index (χ0n) is 10.7. The van der Waals surface area contributed by atoms with Crippen LogP contribution in [0.2, 0.25) is 0 Å². The summed E-state index contributed by atoms with van der Waals surface area (Å²) in [7, 11) is 0. The van der Waals surface area contributed by atoms with Gasteiger partial charge in [0, 0.05) is 6.54 Å². The van der Waals surface area contributed by atoms with Gasteiger partial charge in [-0.1, -0.05) is 26.7 Å². The molecule has 0 aromatic heterocycles. The van der Waals surface area contributed by atoms with Crippen LogP contribution in [-0.2, 0) is 4.79 Å². The lowest BCUT2D eigenvalue weighted by Crippen LogP contribution is -2.35. The number of amides is 1. The first-order valence-electron chi connectivity index (χ1n) is 6.66. The van der Waals surface area contributed by atoms with Crippen LogP contribution in [0.5, 0.6) is 0 Å². The van der Waals surface area contributed by atoms with Gasteiger partial charge in [0.1, 0.15) is 0 Å². The van der Waals surface area contributed by atoms with Crippen molar-refractivity contribution in [2.75, 3.05) is 6.54 Å². The summed E-state index contributed by atoms with van der Waals surface area (Å²) in [6.07, 6.45) is 5.53. The van der Waals surface area contributed by atoms with E-state index in [-0.39, 0.29) is 12.2 Å². The topological polar surface area (TPSA) is 32.3 Å². The second kappa shape index (κ2) is 4.74. The van der Waals surface area contributed by atoms with Crippen LogP contribution in [0.3, 0.4) is 0 Å². The Morgan fingerprint density at radius 2 is 2.12 bits per heavy atom. The maximum Gasteiger partial charge on any atom is 0.241 e. The third-order valence-corrected chi connectivity index (χ3v) is 3.81. The van der Waals surface area contributed by atoms with Crippen LogP contribution < -0.4 is 5.32 Å². The number of hydrogen-bond donors (Lipinski definition) is 1. The van der Waals surface area contributed by atoms with Crippen molar-refractivity contribution >= 4 is 5.91 Å². The second-order valence-electron chi connectivity index (χ2n) is 5.68. The molecule has 1 amide bonds. The SMILES string of the molecule is CC(C)C1NC(C)N(CCCC2CC2)C1=O. The smallest absolute Gasteiger partial charge is 0.241 e. The summed E-state index contributed by atoms with van der Waals surface area (Å²) in [5.74, 6) is 1.67. The molecule has 1 aliphatic heterocycles. The highest BCUT2D eigenvalue weighted by atomic mass is 16.2. The van der Waals surface area contributed by atoms with Gasteiger partial charge in [0.2, 0.25) is 5.91 Å². The van der Waals surface area contributed by atoms with Crippen molar-refractivity contribution in [1.82, 2.24) is 10.2 Å². The number of hydrogen-bond acceptors (Lipinski definition) is 2. The molecule has 2 fully saturated rings. The van der Waals surface area contributed by atoms with E-state index in [0.29, 0.717) is 11.8 Å². The third-order valence-electron chi connectivity index (χ3n) is 3.81. The van der Waals surface area contributed by atoms with E-state index >= 15 is 0 Å². The van der Waals surface area contributed by atoms with Crippen LogP contribution in [0.1, 0.15) is 46.5 Å². The van der Waals surface area contributed by atoms with Gasteiger partial charge in [-0.25, -0.2) is 0 Å². The average molecular weight is 224 g/mol. The summed E-state index contributed by atoms with van der Waals surface area (Å²) in [6.45, 7) is 7.25. The molecule has 1 N–H and O–H groups in total. The van der Waals surface area contributed by atoms with Gasteiger partial charge in [-0.05, 0) is 31.6 Å². The minimum absolute atomic E-state index is 0.0379. The first-order valence-corrected chi connectivity index (χ1v) is 6.66. The summed E-state index contributed by atoms with van der Waals surface area (Å²) in [5.41, 5.74) is 0. The van der Waals surface area contributed by atoms with Gasteiger partial charge in [0.25, 0.3) is 0 Å². The van der Waals surface area contributed by atoms with E-state index in [0.717, 1.165) is 12.5 Å². The molecule has 1 heterocycles. The Hall–Kier alpha value is -0.570. The van der Waals surface area contributed by atoms with Crippen molar-refractivity contribution in [2.45, 2.75) is 58.7 Å². The van der Waals surface area contributed by atoms with Gasteiger partial charge in [0.05, 0.1) is 12.2 Å². The Bertz CT molecular complexity index is 261. The molecule has 2 aliphatic rings. The molecule has 3 nitrogen and oxygen atoms in total. The molecule has 2 atom stereocenters. The zero-order chi connectivity index (χ0) is 11.7. The van der Waals surface area contributed by atoms with E-state index in [1.165, 1.54) is 25.7 Å². The van der Waals surface area contributed by atoms with Crippen LogP contribution in [0.25, 0.3) is 0 Å². The lowest BCUT2D eigenvalue weighted by atomic mass is 10.1. The predicted molar refractivity (Wildman–Crippen MR) is 64.9 cm³/mol. The lowest BCUT2D eigenvalue weighted by Gasteiger charge is -2.20. The van der Waals surface area contributed by atoms with Gasteiger partial charge in [-0.3, -0.25) is 10.1 Å². The Kier molecular flexibility index (Phi) is 3.53. The monoisotopic (exact) mass is 224 g/mol. The molecule has 0 aromatic carbocycles. The van der Waals surface area contributed by atoms with E-state index < -0.39 is 0 Å². The Balaban J connectivity index is 1.80. The Morgan fingerprint density at radius 1 is 1.44 bits per heavy atom. The molecule has 0 radical (unpaired) electrons. The van der Waals surface area contributed by atoms with Crippen LogP contribution >= 0.6 is 0 Å². The zero-order valence-corrected chi connectivity index (χ0v) is 10.7. The summed E-state index contributed by atoms with van der Waals surface area (Å²) in [6, 6.07) is 0.0379. The van der Waals surface area contributed by atoms with Crippen molar-refractivity contribution in [2.24, 2.45) is 11.8 Å². The minimum Gasteiger partial charge on any atom is -0.326 e. The van der Waals surface area contributed by atoms with Crippen LogP contribution in [-0.4, -0.2) is 29.6 Å². The molecular weight excluding hydrogens is 200 g/mol. The van der Waals surface area contributed by atoms with E-state index in [2.05, 4.69) is 26.1 Å². The van der Waals surface area contributed by atoms with Crippen molar-refractivity contribution in [3.8, 4) is 0 Å². The standard InChI is InChI=1S/C13H24N2O/c1-9(2)12-13(16)15(10(3)14-12)8-4-5-11-6-7-11/h9-12,14H,4-8H2,1-3H3. The highest BCUT2D eigenvalue weighted by Gasteiger charge is 2.37. The summed E-state index contributed by atoms with van der Waals surface area (Å²) in [4.78, 5) is 14.1. The lowest BCUT2D eigenvalue weighted by molar-refractivity contribution is -0.130. The van der Waals surface area contributed by atoms with E-state index in [1.807, 2.05) is 4.90 Å². The van der Waals surface area contributed by atoms with Gasteiger partial charge in [-0.2, -0.15) is 0 Å². The van der Waals surface area contributed by atoms with Gasteiger partial charge in [0.15, 0.2) is 0 Å². The summed E-state index contributed by atoms with van der Waals surface area (Å²) >= 11 is 0. The normalized spacial score (nSPS) is 30.5. The fourth-order valence-corrected chi connectivity index (χ4v) is 2.53. The molecule has 1 saturated carbocycles. The first-order chi connectivity index (χ1) is 7.59. The van der Waals surface area contributed by atoms with Gasteiger partial charge in [-0.15, -0.1) is 0 Å². The van der Waals surface area contributed by atoms with E-state index in [9.17, 15) is 4.79 Å². The molecular formula is C13H24N2O. The summed E-state index contributed by atoms with van der Waals surface area (Å²) in [5, 5.41) is 3.38. The van der Waals surface area contributed by atoms with Crippen molar-refractivity contribution in [3.05, 3.63) is 0 Å². The second-order valence-corrected chi connectivity index (χ2v) is 5.68. The van der Waals surface area contributed by atoms with Crippen molar-refractivity contribution < 1.29 is 4.79 Å². The molecule has 0 spiro atoms. The number of rotatable bonds is 5. The average Bonchev–Trinajstić information content (AvgIpc) is 2.98. The number of nitrogens with zero attached hydrogens (tertiary/aromatic N) is 1. The quantitative estimate of drug-likeness (QED) is 0.774. The number of carbonyl (C=O) groups is 1. The molecule has 0 bridgehead atoms. The maximum atomic E-state index is 12.1. The number of carbonyl (C=O) groups excluding carboxylic acids is 1. The highest BCUT2D eigenvalue weighted by Crippen LogP contribution is 2.33. The number of nitrogens with one attached hydrogen (secondary N) is 1. The van der Waals surface area contributed by atoms with Crippen LogP contribution in [0.4, 0.5) is 0 Å². The first kappa shape index (κ1) is 11.9. The Labute approximate surface area is 98.6 Å². The largest absolute Gasteiger partial charge is 0.326 e. The molecule has 16 heavy (non-hydrogen) atoms. The molecule has 2 unspecified atom stereocenters. The van der Waals surface area contributed by atoms with Crippen molar-refractivity contribution in [1.29, 1.82) is 0 Å². The van der Waals surface area contributed by atoms with Gasteiger partial charge < -0.3 is 4.90 Å². The Morgan fingerprint density at radius 3 is 2.62 bits per heavy atom. The molecule has 3 heteroatoms. The fourth-order valence-electron chi connectivity index (χ4n) is 2.53. The maximum absolute atomic E-state index is 12.1. The van der Waals surface area contributed by atoms with Gasteiger partial charge >= 0.3 is 0 Å². The third kappa shape index (κ3) is 2.57. The predicted octanol–water partition coefficient (Wildman–Crippen LogP) is 1.98. The molecule has 0 aromatic rings. The minimum atomic E-state index is 0.0379. The molecule has 92 valence electrons. The highest BCUT2D eigenvalue weighted by molar-refractivity contribution is 5.84. The van der Waals surface area contributed by atoms with Crippen LogP contribution in [0.15, 0.2) is 0 Å². The summed E-state index contributed by atoms with van der Waals surface area (Å²) < 4.78 is 0. The van der Waals surface area contributed by atoms with E-state index in [1.54, 1.807) is 0 Å². The van der Waals surface area contributed by atoms with E-state index in [4.69, 9.17) is 0 Å². The molecule has 1 aliphatic carbocycles. The molecule has 1 saturated heterocycles.